The number of nitrogen functional groups attached to an aromatic ring is 2. The van der Waals surface area contributed by atoms with E-state index < -0.39 is 138 Å². The van der Waals surface area contributed by atoms with Crippen LogP contribution >= 0.6 is 11.6 Å². The smallest absolute Gasteiger partial charge is 0.245 e. The Morgan fingerprint density at radius 2 is 0.967 bits per heavy atom. The van der Waals surface area contributed by atoms with E-state index >= 15 is 28.8 Å². The fraction of sp³-hybridized carbons (Fsp3) is 0.410. The number of benzene rings is 5. The van der Waals surface area contributed by atoms with Crippen LogP contribution in [0, 0.1) is 5.92 Å². The molecule has 650 valence electrons. The lowest BCUT2D eigenvalue weighted by atomic mass is 9.99. The van der Waals surface area contributed by atoms with Gasteiger partial charge in [0.15, 0.2) is 0 Å². The van der Waals surface area contributed by atoms with Crippen LogP contribution in [-0.2, 0) is 89.6 Å². The van der Waals surface area contributed by atoms with Crippen LogP contribution in [0.1, 0.15) is 108 Å². The molecule has 0 unspecified atom stereocenters. The van der Waals surface area contributed by atoms with Crippen molar-refractivity contribution in [3.63, 3.8) is 0 Å². The molecule has 9 rings (SSSR count). The summed E-state index contributed by atoms with van der Waals surface area (Å²) in [6.07, 6.45) is 3.17. The molecule has 38 nitrogen and oxygen atoms in total. The topological polar surface area (TPSA) is 571 Å². The van der Waals surface area contributed by atoms with Gasteiger partial charge in [-0.05, 0) is 139 Å². The van der Waals surface area contributed by atoms with Gasteiger partial charge in [0.05, 0.1) is 25.9 Å². The van der Waals surface area contributed by atoms with Crippen LogP contribution in [0.3, 0.4) is 0 Å². The first-order valence-corrected chi connectivity index (χ1v) is 40.6. The van der Waals surface area contributed by atoms with Crippen molar-refractivity contribution in [3.8, 4) is 0 Å². The van der Waals surface area contributed by atoms with Gasteiger partial charge in [0.25, 0.3) is 0 Å². The number of fused-ring (bicyclic) bond motifs is 1. The van der Waals surface area contributed by atoms with E-state index in [0.29, 0.717) is 70.8 Å². The molecule has 1 aliphatic heterocycles. The number of aliphatic hydroxyl groups is 1. The van der Waals surface area contributed by atoms with Crippen molar-refractivity contribution in [1.82, 2.24) is 93.4 Å². The van der Waals surface area contributed by atoms with Crippen LogP contribution in [0.15, 0.2) is 140 Å². The molecule has 12 amide bonds. The molecule has 0 radical (unpaired) electrons. The number of pyridine rings is 1. The van der Waals surface area contributed by atoms with Crippen LogP contribution in [-0.4, -0.2) is 216 Å². The van der Waals surface area contributed by atoms with Crippen LogP contribution in [0.25, 0.3) is 10.8 Å². The summed E-state index contributed by atoms with van der Waals surface area (Å²) in [6.45, 7) is 9.63. The third kappa shape index (κ3) is 29.6. The number of likely N-dealkylation sites (tertiary alicyclic amines) is 1. The van der Waals surface area contributed by atoms with E-state index in [4.69, 9.17) is 28.8 Å². The molecule has 0 aliphatic carbocycles. The summed E-state index contributed by atoms with van der Waals surface area (Å²) in [6, 6.07) is 22.5. The normalized spacial score (nSPS) is 14.7. The first-order chi connectivity index (χ1) is 58.4. The fourth-order valence-electron chi connectivity index (χ4n) is 13.6. The largest absolute Gasteiger partial charge is 0.394 e. The molecule has 5 aromatic carbocycles. The fourth-order valence-corrected chi connectivity index (χ4v) is 13.7. The van der Waals surface area contributed by atoms with Crippen molar-refractivity contribution in [3.05, 3.63) is 173 Å². The zero-order valence-electron chi connectivity index (χ0n) is 68.7. The minimum absolute atomic E-state index is 0.00477. The summed E-state index contributed by atoms with van der Waals surface area (Å²) in [5.41, 5.74) is 20.2. The molecule has 39 heteroatoms. The van der Waals surface area contributed by atoms with Crippen molar-refractivity contribution >= 4 is 128 Å². The van der Waals surface area contributed by atoms with Gasteiger partial charge in [0.2, 0.25) is 94.7 Å². The molecule has 0 spiro atoms. The van der Waals surface area contributed by atoms with E-state index in [1.54, 1.807) is 55.5 Å². The maximum atomic E-state index is 15.6. The van der Waals surface area contributed by atoms with Gasteiger partial charge in [0.1, 0.15) is 54.4 Å². The summed E-state index contributed by atoms with van der Waals surface area (Å²) in [4.78, 5) is 187. The van der Waals surface area contributed by atoms with Crippen molar-refractivity contribution in [2.45, 2.75) is 179 Å². The monoisotopic (exact) mass is 1700 g/mol. The second-order valence-electron chi connectivity index (χ2n) is 30.6. The maximum absolute atomic E-state index is 15.6. The van der Waals surface area contributed by atoms with E-state index in [2.05, 4.69) is 110 Å². The van der Waals surface area contributed by atoms with Gasteiger partial charge in [-0.3, -0.25) is 62.5 Å². The van der Waals surface area contributed by atoms with Gasteiger partial charge in [-0.15, -0.1) is 10.2 Å². The Balaban J connectivity index is 1.01. The third-order valence-corrected chi connectivity index (χ3v) is 19.9. The minimum Gasteiger partial charge on any atom is -0.394 e. The standard InChI is InChI=1S/C83H108ClN25O13/c1-46(2)35-61(71(114)96-60(16-9-10-33-89-47(3)4)79(122)109-34-12-17-68(109)78(121)92-48(5)85)97-73(116)64(38-51-21-28-58(29-22-51)94-69(112)43-90-82-103-80(86)105-107-82)99-75(118)65(39-52-23-30-59(31-24-52)95-70(113)44-91-83-104-81(87)106-108-83)101-77(120)67(45-110)102-76(119)66(41-54-13-11-32-88-42-54)100-74(117)63(37-50-19-26-57(84)27-20-50)98-72(115)62(93-49(6)111)40-53-18-25-55-14-7-8-15-56(55)36-53/h7-8,11,13-15,18-32,36,42,46-48,60-68,89,110H,9-10,12,16-17,33-35,37-41,43-45,85H2,1-6H3,(H,92,121)(H,93,111)(H,94,112)(H,95,113)(H,96,114)(H,97,116)(H,98,115)(H,99,118)(H,100,117)(H,101,120)(H,102,119)(H4,86,90,103,105,107)(H4,87,91,104,106,108)/t48-,60+,61+,62-,63-,64-,65+,66-,67+,68+/m1/s1. The van der Waals surface area contributed by atoms with Crippen LogP contribution in [0.2, 0.25) is 5.02 Å². The lowest BCUT2D eigenvalue weighted by molar-refractivity contribution is -0.142. The van der Waals surface area contributed by atoms with Gasteiger partial charge < -0.3 is 102 Å². The Bertz CT molecular complexity index is 4880. The lowest BCUT2D eigenvalue weighted by Gasteiger charge is -2.31. The van der Waals surface area contributed by atoms with Crippen molar-refractivity contribution in [2.24, 2.45) is 11.7 Å². The number of H-pyrrole nitrogens is 2. The molecule has 3 aromatic heterocycles. The highest BCUT2D eigenvalue weighted by molar-refractivity contribution is 6.30. The number of amides is 12. The Kier molecular flexibility index (Phi) is 34.8. The zero-order chi connectivity index (χ0) is 87.9. The average molecular weight is 1700 g/mol. The number of hydrogen-bond donors (Lipinski definition) is 20. The molecule has 1 aliphatic rings. The van der Waals surface area contributed by atoms with Crippen LogP contribution in [0.4, 0.5) is 35.2 Å². The number of nitrogens with zero attached hydrogens (tertiary/aromatic N) is 6. The van der Waals surface area contributed by atoms with E-state index in [1.165, 1.54) is 60.6 Å². The second-order valence-corrected chi connectivity index (χ2v) is 31.0. The number of carbonyl (C=O) groups is 12. The summed E-state index contributed by atoms with van der Waals surface area (Å²) >= 11 is 6.29. The Morgan fingerprint density at radius 3 is 1.43 bits per heavy atom. The number of hydrogen-bond acceptors (Lipinski definition) is 24. The summed E-state index contributed by atoms with van der Waals surface area (Å²) in [5, 5.41) is 65.1. The number of aromatic nitrogens is 7. The Labute approximate surface area is 709 Å². The molecular weight excluding hydrogens is 1590 g/mol. The lowest BCUT2D eigenvalue weighted by Crippen LogP contribution is -2.62. The zero-order valence-corrected chi connectivity index (χ0v) is 69.4. The number of unbranched alkanes of at least 4 members (excludes halogenated alkanes) is 1. The SMILES string of the molecule is CC(=O)N[C@H](Cc1ccc2ccccc2c1)C(=O)N[C@H](Cc1ccc(Cl)cc1)C(=O)N[C@H](Cc1cccnc1)C(=O)N[C@@H](CO)C(=O)N[C@@H](Cc1ccc(NC(=O)CNc2n[nH]c(N)n2)cc1)C(=O)N[C@H](Cc1ccc(NC(=O)CNc2n[nH]c(N)n2)cc1)C(=O)N[C@@H](CC(C)C)C(=O)N[C@@H](CCCCNC(C)C)C(=O)N1CCC[C@H]1C(=O)N[C@H](C)N. The van der Waals surface area contributed by atoms with Gasteiger partial charge in [-0.1, -0.05) is 124 Å². The highest BCUT2D eigenvalue weighted by Gasteiger charge is 2.40. The van der Waals surface area contributed by atoms with Gasteiger partial charge in [-0.2, -0.15) is 9.97 Å². The number of nitrogens with two attached hydrogens (primary N) is 3. The highest BCUT2D eigenvalue weighted by Crippen LogP contribution is 2.24. The molecule has 0 saturated carbocycles. The van der Waals surface area contributed by atoms with Gasteiger partial charge in [0, 0.05) is 80.4 Å². The first-order valence-electron chi connectivity index (χ1n) is 40.2. The third-order valence-electron chi connectivity index (χ3n) is 19.6. The van der Waals surface area contributed by atoms with E-state index in [1.807, 2.05) is 70.2 Å². The second kappa shape index (κ2) is 45.8. The van der Waals surface area contributed by atoms with Crippen LogP contribution in [0.5, 0.6) is 0 Å². The predicted octanol–water partition coefficient (Wildman–Crippen LogP) is 1.42. The number of anilines is 6. The number of halogens is 1. The highest BCUT2D eigenvalue weighted by atomic mass is 35.5. The number of rotatable bonds is 45. The number of carbonyl (C=O) groups excluding carboxylic acids is 12. The van der Waals surface area contributed by atoms with Crippen molar-refractivity contribution in [2.75, 3.05) is 65.5 Å². The number of aromatic amines is 2. The maximum Gasteiger partial charge on any atom is 0.245 e. The van der Waals surface area contributed by atoms with Gasteiger partial charge in [-0.25, -0.2) is 10.2 Å². The molecule has 0 bridgehead atoms. The molecule has 23 N–H and O–H groups in total. The Hall–Kier alpha value is -13.2. The van der Waals surface area contributed by atoms with E-state index in [-0.39, 0.29) is 106 Å². The summed E-state index contributed by atoms with van der Waals surface area (Å²) in [5.74, 6) is -9.14. The summed E-state index contributed by atoms with van der Waals surface area (Å²) in [7, 11) is 0. The molecule has 1 saturated heterocycles. The van der Waals surface area contributed by atoms with Crippen molar-refractivity contribution in [1.29, 1.82) is 0 Å². The molecule has 4 heterocycles. The number of nitrogens with one attached hydrogen (secondary N) is 16. The average Bonchev–Trinajstić information content (AvgIpc) is 1.65. The molecule has 122 heavy (non-hydrogen) atoms. The van der Waals surface area contributed by atoms with Crippen LogP contribution < -0.4 is 91.6 Å². The van der Waals surface area contributed by atoms with Crippen molar-refractivity contribution < 1.29 is 62.6 Å². The first kappa shape index (κ1) is 92.7. The minimum atomic E-state index is -1.90. The Morgan fingerprint density at radius 1 is 0.516 bits per heavy atom. The van der Waals surface area contributed by atoms with E-state index in [0.717, 1.165) is 10.8 Å². The van der Waals surface area contributed by atoms with Gasteiger partial charge >= 0.3 is 0 Å². The quantitative estimate of drug-likeness (QED) is 0.0190. The van der Waals surface area contributed by atoms with E-state index in [9.17, 15) is 33.9 Å². The molecular formula is C83H108ClN25O13. The predicted molar refractivity (Wildman–Crippen MR) is 458 cm³/mol. The summed E-state index contributed by atoms with van der Waals surface area (Å²) < 4.78 is 0. The molecule has 8 aromatic rings. The number of aliphatic hydroxyl groups excluding tert-OH is 1. The molecule has 10 atom stereocenters. The molecule has 1 fully saturated rings.